The second-order valence-electron chi connectivity index (χ2n) is 8.13. The van der Waals surface area contributed by atoms with Crippen molar-refractivity contribution in [2.24, 2.45) is 5.92 Å². The van der Waals surface area contributed by atoms with Gasteiger partial charge >= 0.3 is 5.97 Å². The highest BCUT2D eigenvalue weighted by Crippen LogP contribution is 2.21. The van der Waals surface area contributed by atoms with Crippen molar-refractivity contribution in [1.82, 2.24) is 4.90 Å². The lowest BCUT2D eigenvalue weighted by molar-refractivity contribution is -0.127. The molecule has 0 spiro atoms. The summed E-state index contributed by atoms with van der Waals surface area (Å²) in [7, 11) is 0. The Morgan fingerprint density at radius 1 is 1.28 bits per heavy atom. The zero-order valence-electron chi connectivity index (χ0n) is 18.2. The Hall–Kier alpha value is -2.88. The first-order chi connectivity index (χ1) is 15.4. The molecule has 0 aliphatic carbocycles. The number of carboxylic acids is 1. The van der Waals surface area contributed by atoms with Gasteiger partial charge in [0.2, 0.25) is 5.91 Å². The SMILES string of the molecule is C[C@@H](CCCc1ccccc1)[C@H](O)C=CC1CCC(=O)N1CC#Cc1ccc(C(=O)O)s1. The molecule has 1 aliphatic rings. The average Bonchev–Trinajstić information content (AvgIpc) is 3.40. The van der Waals surface area contributed by atoms with Crippen LogP contribution in [0.2, 0.25) is 0 Å². The van der Waals surface area contributed by atoms with Gasteiger partial charge in [0.1, 0.15) is 4.88 Å². The van der Waals surface area contributed by atoms with Crippen LogP contribution in [0.4, 0.5) is 0 Å². The van der Waals surface area contributed by atoms with Crippen LogP contribution in [0, 0.1) is 17.8 Å². The Kier molecular flexibility index (Phi) is 8.66. The predicted molar refractivity (Wildman–Crippen MR) is 127 cm³/mol. The molecule has 1 fully saturated rings. The average molecular weight is 452 g/mol. The number of rotatable bonds is 9. The van der Waals surface area contributed by atoms with Crippen LogP contribution in [0.3, 0.4) is 0 Å². The molecule has 1 amide bonds. The summed E-state index contributed by atoms with van der Waals surface area (Å²) in [4.78, 5) is 25.9. The Bertz CT molecular complexity index is 1000. The smallest absolute Gasteiger partial charge is 0.345 e. The molecule has 2 aromatic rings. The van der Waals surface area contributed by atoms with E-state index in [0.717, 1.165) is 30.6 Å². The van der Waals surface area contributed by atoms with Crippen molar-refractivity contribution in [3.05, 3.63) is 69.9 Å². The summed E-state index contributed by atoms with van der Waals surface area (Å²) in [6, 6.07) is 13.5. The number of aryl methyl sites for hydroxylation is 1. The Labute approximate surface area is 193 Å². The summed E-state index contributed by atoms with van der Waals surface area (Å²) >= 11 is 1.12. The third kappa shape index (κ3) is 6.81. The van der Waals surface area contributed by atoms with Crippen LogP contribution in [-0.2, 0) is 11.2 Å². The van der Waals surface area contributed by atoms with E-state index < -0.39 is 12.1 Å². The molecule has 0 bridgehead atoms. The monoisotopic (exact) mass is 451 g/mol. The second-order valence-corrected chi connectivity index (χ2v) is 9.21. The maximum Gasteiger partial charge on any atom is 0.345 e. The third-order valence-corrected chi connectivity index (χ3v) is 6.72. The summed E-state index contributed by atoms with van der Waals surface area (Å²) in [5, 5.41) is 19.5. The highest BCUT2D eigenvalue weighted by Gasteiger charge is 2.28. The molecule has 2 N–H and O–H groups in total. The van der Waals surface area contributed by atoms with Gasteiger partial charge in [0, 0.05) is 6.42 Å². The minimum atomic E-state index is -0.962. The second kappa shape index (κ2) is 11.7. The number of amides is 1. The molecule has 3 atom stereocenters. The van der Waals surface area contributed by atoms with Gasteiger partial charge in [0.25, 0.3) is 0 Å². The van der Waals surface area contributed by atoms with E-state index in [2.05, 4.69) is 30.9 Å². The van der Waals surface area contributed by atoms with E-state index in [4.69, 9.17) is 5.11 Å². The van der Waals surface area contributed by atoms with Crippen molar-refractivity contribution >= 4 is 23.2 Å². The van der Waals surface area contributed by atoms with Crippen LogP contribution in [0.25, 0.3) is 0 Å². The number of aromatic carboxylic acids is 1. The first kappa shape index (κ1) is 23.8. The number of carbonyl (C=O) groups is 2. The zero-order chi connectivity index (χ0) is 22.9. The van der Waals surface area contributed by atoms with Crippen LogP contribution < -0.4 is 0 Å². The van der Waals surface area contributed by atoms with Gasteiger partial charge in [-0.05, 0) is 49.3 Å². The number of aliphatic hydroxyl groups excluding tert-OH is 1. The third-order valence-electron chi connectivity index (χ3n) is 5.73. The molecule has 6 heteroatoms. The van der Waals surface area contributed by atoms with Gasteiger partial charge in [0.15, 0.2) is 0 Å². The number of thiophene rings is 1. The molecular formula is C26H29NO4S. The van der Waals surface area contributed by atoms with E-state index in [9.17, 15) is 14.7 Å². The lowest BCUT2D eigenvalue weighted by Crippen LogP contribution is -2.32. The maximum atomic E-state index is 12.3. The molecule has 5 nitrogen and oxygen atoms in total. The van der Waals surface area contributed by atoms with E-state index in [-0.39, 0.29) is 29.3 Å². The van der Waals surface area contributed by atoms with Crippen molar-refractivity contribution in [3.8, 4) is 11.8 Å². The molecule has 0 radical (unpaired) electrons. The fourth-order valence-corrected chi connectivity index (χ4v) is 4.49. The summed E-state index contributed by atoms with van der Waals surface area (Å²) in [5.74, 6) is 5.16. The first-order valence-corrected chi connectivity index (χ1v) is 11.8. The predicted octanol–water partition coefficient (Wildman–Crippen LogP) is 4.36. The van der Waals surface area contributed by atoms with Crippen LogP contribution in [0.5, 0.6) is 0 Å². The van der Waals surface area contributed by atoms with Crippen LogP contribution in [-0.4, -0.2) is 45.7 Å². The topological polar surface area (TPSA) is 77.8 Å². The number of likely N-dealkylation sites (tertiary alicyclic amines) is 1. The van der Waals surface area contributed by atoms with Crippen LogP contribution >= 0.6 is 11.3 Å². The van der Waals surface area contributed by atoms with Gasteiger partial charge in [0.05, 0.1) is 23.6 Å². The summed E-state index contributed by atoms with van der Waals surface area (Å²) in [5.41, 5.74) is 1.31. The molecular weight excluding hydrogens is 422 g/mol. The van der Waals surface area contributed by atoms with Crippen molar-refractivity contribution in [2.75, 3.05) is 6.54 Å². The maximum absolute atomic E-state index is 12.3. The largest absolute Gasteiger partial charge is 0.477 e. The number of nitrogens with zero attached hydrogens (tertiary/aromatic N) is 1. The van der Waals surface area contributed by atoms with E-state index >= 15 is 0 Å². The fraction of sp³-hybridized carbons (Fsp3) is 0.385. The molecule has 0 saturated carbocycles. The van der Waals surface area contributed by atoms with Crippen LogP contribution in [0.15, 0.2) is 54.6 Å². The molecule has 32 heavy (non-hydrogen) atoms. The summed E-state index contributed by atoms with van der Waals surface area (Å²) in [6.45, 7) is 2.34. The van der Waals surface area contributed by atoms with Gasteiger partial charge in [-0.3, -0.25) is 4.79 Å². The lowest BCUT2D eigenvalue weighted by atomic mass is 9.95. The van der Waals surface area contributed by atoms with Crippen molar-refractivity contribution in [2.45, 2.75) is 51.2 Å². The molecule has 1 unspecified atom stereocenters. The fourth-order valence-electron chi connectivity index (χ4n) is 3.77. The molecule has 1 aromatic carbocycles. The van der Waals surface area contributed by atoms with Crippen molar-refractivity contribution in [3.63, 3.8) is 0 Å². The first-order valence-electron chi connectivity index (χ1n) is 11.0. The number of carbonyl (C=O) groups excluding carboxylic acids is 1. The van der Waals surface area contributed by atoms with Gasteiger partial charge in [-0.2, -0.15) is 0 Å². The van der Waals surface area contributed by atoms with E-state index in [1.54, 1.807) is 11.0 Å². The van der Waals surface area contributed by atoms with Gasteiger partial charge in [-0.15, -0.1) is 11.3 Å². The van der Waals surface area contributed by atoms with E-state index in [1.165, 1.54) is 11.6 Å². The molecule has 1 aromatic heterocycles. The van der Waals surface area contributed by atoms with E-state index in [1.807, 2.05) is 30.4 Å². The van der Waals surface area contributed by atoms with Gasteiger partial charge < -0.3 is 15.1 Å². The Morgan fingerprint density at radius 2 is 2.06 bits per heavy atom. The molecule has 168 valence electrons. The van der Waals surface area contributed by atoms with Crippen LogP contribution in [0.1, 0.15) is 52.7 Å². The molecule has 3 rings (SSSR count). The quantitative estimate of drug-likeness (QED) is 0.439. The number of carboxylic acid groups (broad SMARTS) is 1. The van der Waals surface area contributed by atoms with E-state index in [0.29, 0.717) is 17.7 Å². The zero-order valence-corrected chi connectivity index (χ0v) is 19.1. The van der Waals surface area contributed by atoms with Crippen molar-refractivity contribution < 1.29 is 19.8 Å². The number of hydrogen-bond donors (Lipinski definition) is 2. The number of aliphatic hydroxyl groups is 1. The number of benzene rings is 1. The summed E-state index contributed by atoms with van der Waals surface area (Å²) < 4.78 is 0. The van der Waals surface area contributed by atoms with Gasteiger partial charge in [-0.25, -0.2) is 4.79 Å². The number of hydrogen-bond acceptors (Lipinski definition) is 4. The Balaban J connectivity index is 1.49. The van der Waals surface area contributed by atoms with Crippen molar-refractivity contribution in [1.29, 1.82) is 0 Å². The highest BCUT2D eigenvalue weighted by molar-refractivity contribution is 7.14. The lowest BCUT2D eigenvalue weighted by Gasteiger charge is -2.21. The van der Waals surface area contributed by atoms with Gasteiger partial charge in [-0.1, -0.05) is 61.2 Å². The highest BCUT2D eigenvalue weighted by atomic mass is 32.1. The Morgan fingerprint density at radius 3 is 2.78 bits per heavy atom. The molecule has 1 saturated heterocycles. The normalized spacial score (nSPS) is 17.9. The minimum Gasteiger partial charge on any atom is -0.477 e. The summed E-state index contributed by atoms with van der Waals surface area (Å²) in [6.07, 6.45) is 7.34. The molecule has 1 aliphatic heterocycles. The molecule has 2 heterocycles. The minimum absolute atomic E-state index is 0.0525. The standard InChI is InChI=1S/C26H29NO4S/c1-19(7-5-10-20-8-3-2-4-9-20)23(28)15-12-21-13-17-25(29)27(21)18-6-11-22-14-16-24(32-22)26(30)31/h2-4,8-9,12,14-16,19,21,23,28H,5,7,10,13,17-18H2,1H3,(H,30,31)/t19-,21?,23+/m0/s1.